The molecule has 2 aromatic carbocycles. The molecule has 0 radical (unpaired) electrons. The molecule has 5 rings (SSSR count). The third-order valence-electron chi connectivity index (χ3n) is 5.97. The molecule has 2 N–H and O–H groups in total. The van der Waals surface area contributed by atoms with Crippen molar-refractivity contribution in [2.45, 2.75) is 31.6 Å². The number of aromatic nitrogens is 2. The second-order valence-electron chi connectivity index (χ2n) is 8.73. The van der Waals surface area contributed by atoms with Gasteiger partial charge in [0.25, 0.3) is 0 Å². The minimum absolute atomic E-state index is 0.135. The summed E-state index contributed by atoms with van der Waals surface area (Å²) < 4.78 is 27.9. The van der Waals surface area contributed by atoms with Crippen LogP contribution in [-0.2, 0) is 21.2 Å². The van der Waals surface area contributed by atoms with E-state index in [2.05, 4.69) is 10.0 Å². The van der Waals surface area contributed by atoms with E-state index in [1.807, 2.05) is 53.4 Å². The monoisotopic (exact) mass is 465 g/mol. The summed E-state index contributed by atoms with van der Waals surface area (Å²) in [5, 5.41) is 7.80. The zero-order chi connectivity index (χ0) is 23.0. The molecule has 1 fully saturated rings. The van der Waals surface area contributed by atoms with E-state index < -0.39 is 10.0 Å². The fourth-order valence-corrected chi connectivity index (χ4v) is 4.94. The second-order valence-corrected chi connectivity index (χ2v) is 10.5. The first kappa shape index (κ1) is 21.5. The van der Waals surface area contributed by atoms with Crippen molar-refractivity contribution in [2.24, 2.45) is 0 Å². The Hall–Kier alpha value is -3.33. The highest BCUT2D eigenvalue weighted by Crippen LogP contribution is 2.40. The van der Waals surface area contributed by atoms with Crippen LogP contribution in [0.4, 0.5) is 17.2 Å². The van der Waals surface area contributed by atoms with Crippen LogP contribution in [0.3, 0.4) is 0 Å². The number of rotatable bonds is 7. The Bertz CT molecular complexity index is 1280. The van der Waals surface area contributed by atoms with Crippen LogP contribution in [0.25, 0.3) is 5.69 Å². The summed E-state index contributed by atoms with van der Waals surface area (Å²) in [6, 6.07) is 17.3. The van der Waals surface area contributed by atoms with Crippen LogP contribution in [0.1, 0.15) is 36.4 Å². The molecule has 2 aliphatic rings. The average molecular weight is 466 g/mol. The molecule has 0 spiro atoms. The number of nitrogens with zero attached hydrogens (tertiary/aromatic N) is 3. The number of hydrogen-bond donors (Lipinski definition) is 2. The molecule has 1 saturated carbocycles. The predicted octanol–water partition coefficient (Wildman–Crippen LogP) is 3.51. The van der Waals surface area contributed by atoms with E-state index in [0.29, 0.717) is 17.4 Å². The number of anilines is 3. The van der Waals surface area contributed by atoms with Crippen LogP contribution in [-0.4, -0.2) is 43.5 Å². The van der Waals surface area contributed by atoms with Crippen LogP contribution in [0, 0.1) is 0 Å². The lowest BCUT2D eigenvalue weighted by Crippen LogP contribution is -2.37. The number of sulfonamides is 1. The molecule has 1 aliphatic heterocycles. The molecule has 0 unspecified atom stereocenters. The molecule has 8 nitrogen and oxygen atoms in total. The summed E-state index contributed by atoms with van der Waals surface area (Å²) in [6.45, 7) is 0.905. The van der Waals surface area contributed by atoms with Crippen molar-refractivity contribution in [3.63, 3.8) is 0 Å². The van der Waals surface area contributed by atoms with E-state index in [1.165, 1.54) is 0 Å². The Morgan fingerprint density at radius 3 is 2.64 bits per heavy atom. The standard InChI is InChI=1S/C24H27N5O3S/c1-33(31,32)27-20-10-5-11-22-19(20)9-6-14-28(22)16-24(30)25-23-15-21(17-12-13-17)26-29(23)18-7-3-2-4-8-18/h2-5,7-8,10-11,15,17,27H,6,9,12-14,16H2,1H3,(H,25,30). The van der Waals surface area contributed by atoms with E-state index in [1.54, 1.807) is 10.7 Å². The molecule has 33 heavy (non-hydrogen) atoms. The fourth-order valence-electron chi connectivity index (χ4n) is 4.35. The van der Waals surface area contributed by atoms with Crippen LogP contribution >= 0.6 is 0 Å². The smallest absolute Gasteiger partial charge is 0.245 e. The van der Waals surface area contributed by atoms with Crippen LogP contribution < -0.4 is 14.9 Å². The number of carbonyl (C=O) groups excluding carboxylic acids is 1. The maximum Gasteiger partial charge on any atom is 0.245 e. The first-order valence-corrected chi connectivity index (χ1v) is 13.1. The van der Waals surface area contributed by atoms with Crippen molar-refractivity contribution >= 4 is 33.1 Å². The first-order valence-electron chi connectivity index (χ1n) is 11.2. The Morgan fingerprint density at radius 1 is 1.12 bits per heavy atom. The van der Waals surface area contributed by atoms with E-state index >= 15 is 0 Å². The molecule has 0 saturated heterocycles. The summed E-state index contributed by atoms with van der Waals surface area (Å²) >= 11 is 0. The lowest BCUT2D eigenvalue weighted by Gasteiger charge is -2.32. The third kappa shape index (κ3) is 4.88. The molecule has 1 aliphatic carbocycles. The van der Waals surface area contributed by atoms with Crippen molar-refractivity contribution in [3.8, 4) is 5.69 Å². The number of nitrogens with one attached hydrogen (secondary N) is 2. The number of benzene rings is 2. The second kappa shape index (κ2) is 8.55. The van der Waals surface area contributed by atoms with Gasteiger partial charge in [-0.25, -0.2) is 13.1 Å². The van der Waals surface area contributed by atoms with Gasteiger partial charge in [0.15, 0.2) is 0 Å². The molecule has 3 aromatic rings. The Balaban J connectivity index is 1.37. The molecular formula is C24H27N5O3S. The van der Waals surface area contributed by atoms with Gasteiger partial charge in [-0.3, -0.25) is 9.52 Å². The Labute approximate surface area is 193 Å². The highest BCUT2D eigenvalue weighted by Gasteiger charge is 2.28. The lowest BCUT2D eigenvalue weighted by molar-refractivity contribution is -0.115. The van der Waals surface area contributed by atoms with Gasteiger partial charge in [-0.1, -0.05) is 24.3 Å². The molecule has 2 heterocycles. The maximum atomic E-state index is 13.1. The Morgan fingerprint density at radius 2 is 1.91 bits per heavy atom. The maximum absolute atomic E-state index is 13.1. The van der Waals surface area contributed by atoms with Gasteiger partial charge < -0.3 is 10.2 Å². The van der Waals surface area contributed by atoms with E-state index in [9.17, 15) is 13.2 Å². The van der Waals surface area contributed by atoms with Gasteiger partial charge in [0.2, 0.25) is 15.9 Å². The number of carbonyl (C=O) groups is 1. The topological polar surface area (TPSA) is 96.3 Å². The molecule has 1 aromatic heterocycles. The van der Waals surface area contributed by atoms with E-state index in [4.69, 9.17) is 5.10 Å². The van der Waals surface area contributed by atoms with Gasteiger partial charge in [-0.2, -0.15) is 5.10 Å². The predicted molar refractivity (Wildman–Crippen MR) is 130 cm³/mol. The van der Waals surface area contributed by atoms with Gasteiger partial charge in [-0.05, 0) is 55.5 Å². The molecule has 0 bridgehead atoms. The highest BCUT2D eigenvalue weighted by molar-refractivity contribution is 7.92. The number of para-hydroxylation sites is 1. The van der Waals surface area contributed by atoms with Gasteiger partial charge >= 0.3 is 0 Å². The zero-order valence-electron chi connectivity index (χ0n) is 18.5. The third-order valence-corrected chi connectivity index (χ3v) is 6.56. The van der Waals surface area contributed by atoms with Crippen molar-refractivity contribution < 1.29 is 13.2 Å². The van der Waals surface area contributed by atoms with Crippen molar-refractivity contribution in [1.82, 2.24) is 9.78 Å². The van der Waals surface area contributed by atoms with Gasteiger partial charge in [0, 0.05) is 24.2 Å². The highest BCUT2D eigenvalue weighted by atomic mass is 32.2. The first-order chi connectivity index (χ1) is 15.9. The summed E-state index contributed by atoms with van der Waals surface area (Å²) in [6.07, 6.45) is 5.02. The normalized spacial score (nSPS) is 15.7. The van der Waals surface area contributed by atoms with Gasteiger partial charge in [-0.15, -0.1) is 0 Å². The van der Waals surface area contributed by atoms with Crippen LogP contribution in [0.15, 0.2) is 54.6 Å². The fraction of sp³-hybridized carbons (Fsp3) is 0.333. The van der Waals surface area contributed by atoms with Crippen LogP contribution in [0.2, 0.25) is 0 Å². The van der Waals surface area contributed by atoms with E-state index in [0.717, 1.165) is 61.1 Å². The molecule has 0 atom stereocenters. The molecule has 172 valence electrons. The summed E-state index contributed by atoms with van der Waals surface area (Å²) in [5.41, 5.74) is 4.30. The lowest BCUT2D eigenvalue weighted by atomic mass is 10.00. The SMILES string of the molecule is CS(=O)(=O)Nc1cccc2c1CCCN2CC(=O)Nc1cc(C2CC2)nn1-c1ccccc1. The minimum Gasteiger partial charge on any atom is -0.362 e. The summed E-state index contributed by atoms with van der Waals surface area (Å²) in [5.74, 6) is 1.00. The largest absolute Gasteiger partial charge is 0.362 e. The van der Waals surface area contributed by atoms with Crippen molar-refractivity contribution in [2.75, 3.05) is 34.3 Å². The molecule has 1 amide bonds. The zero-order valence-corrected chi connectivity index (χ0v) is 19.3. The average Bonchev–Trinajstić information content (AvgIpc) is 3.55. The molecular weight excluding hydrogens is 438 g/mol. The van der Waals surface area contributed by atoms with Gasteiger partial charge in [0.1, 0.15) is 5.82 Å². The minimum atomic E-state index is -3.38. The number of amides is 1. The van der Waals surface area contributed by atoms with Crippen molar-refractivity contribution in [1.29, 1.82) is 0 Å². The van der Waals surface area contributed by atoms with Gasteiger partial charge in [0.05, 0.1) is 29.9 Å². The molecule has 9 heteroatoms. The van der Waals surface area contributed by atoms with Crippen molar-refractivity contribution in [3.05, 3.63) is 65.9 Å². The van der Waals surface area contributed by atoms with E-state index in [-0.39, 0.29) is 12.5 Å². The Kier molecular flexibility index (Phi) is 5.57. The quantitative estimate of drug-likeness (QED) is 0.557. The number of fused-ring (bicyclic) bond motifs is 1. The summed E-state index contributed by atoms with van der Waals surface area (Å²) in [4.78, 5) is 15.1. The number of hydrogen-bond acceptors (Lipinski definition) is 5. The van der Waals surface area contributed by atoms with Crippen LogP contribution in [0.5, 0.6) is 0 Å². The summed E-state index contributed by atoms with van der Waals surface area (Å²) in [7, 11) is -3.38.